The van der Waals surface area contributed by atoms with Crippen LogP contribution < -0.4 is 25.8 Å². The summed E-state index contributed by atoms with van der Waals surface area (Å²) in [7, 11) is 0. The van der Waals surface area contributed by atoms with Gasteiger partial charge in [0.05, 0.1) is 27.5 Å². The third-order valence-electron chi connectivity index (χ3n) is 9.49. The van der Waals surface area contributed by atoms with Crippen LogP contribution in [0, 0.1) is 10.1 Å². The summed E-state index contributed by atoms with van der Waals surface area (Å²) in [6.45, 7) is 8.77. The van der Waals surface area contributed by atoms with Crippen molar-refractivity contribution in [3.63, 3.8) is 0 Å². The number of nitrogens with two attached hydrogens (primary N) is 1. The summed E-state index contributed by atoms with van der Waals surface area (Å²) in [5.41, 5.74) is 9.11. The largest absolute Gasteiger partial charge is 0.485 e. The van der Waals surface area contributed by atoms with E-state index in [1.165, 1.54) is 17.2 Å². The molecule has 0 radical (unpaired) electrons. The van der Waals surface area contributed by atoms with Crippen LogP contribution in [0.5, 0.6) is 11.5 Å². The van der Waals surface area contributed by atoms with E-state index in [2.05, 4.69) is 66.8 Å². The molecule has 0 unspecified atom stereocenters. The molecular formula is C42H48Br2N4O10. The molecule has 0 bridgehead atoms. The fourth-order valence-corrected chi connectivity index (χ4v) is 7.26. The molecular weight excluding hydrogens is 880 g/mol. The first-order chi connectivity index (χ1) is 27.3. The predicted molar refractivity (Wildman–Crippen MR) is 227 cm³/mol. The molecule has 8 N–H and O–H groups in total. The average Bonchev–Trinajstić information content (AvgIpc) is 3.16. The lowest BCUT2D eigenvalue weighted by molar-refractivity contribution is -0.385. The molecule has 4 aromatic carbocycles. The number of nitro groups is 1. The van der Waals surface area contributed by atoms with Crippen molar-refractivity contribution in [2.45, 2.75) is 76.0 Å². The van der Waals surface area contributed by atoms with Gasteiger partial charge < -0.3 is 46.3 Å². The van der Waals surface area contributed by atoms with E-state index in [4.69, 9.17) is 25.4 Å². The van der Waals surface area contributed by atoms with Gasteiger partial charge in [0, 0.05) is 39.5 Å². The normalized spacial score (nSPS) is 19.7. The van der Waals surface area contributed by atoms with Crippen LogP contribution >= 0.6 is 31.9 Å². The maximum absolute atomic E-state index is 11.2. The highest BCUT2D eigenvalue weighted by Gasteiger charge is 2.44. The first-order valence-corrected chi connectivity index (χ1v) is 19.9. The SMILES string of the molecule is CC1(C)Oc2cc(N)c(Br)cc2[C@H](NCCc2ccccc2)[C@H]1O.CC1(C)Oc2cc([N+](=O)[O-])c(Br)cc2[C@H](NCCc2ccccc2)[C@H]1O.O=C(O)/C=C\C(=O)O. The van der Waals surface area contributed by atoms with Gasteiger partial charge in [0.2, 0.25) is 0 Å². The van der Waals surface area contributed by atoms with Gasteiger partial charge >= 0.3 is 11.9 Å². The molecule has 4 atom stereocenters. The van der Waals surface area contributed by atoms with Crippen LogP contribution in [0.2, 0.25) is 0 Å². The Bertz CT molecular complexity index is 2070. The highest BCUT2D eigenvalue weighted by molar-refractivity contribution is 9.11. The van der Waals surface area contributed by atoms with Gasteiger partial charge in [-0.05, 0) is 109 Å². The van der Waals surface area contributed by atoms with Crippen LogP contribution in [0.1, 0.15) is 62.0 Å². The number of aliphatic hydroxyl groups excluding tert-OH is 2. The van der Waals surface area contributed by atoms with Gasteiger partial charge in [-0.2, -0.15) is 0 Å². The second kappa shape index (κ2) is 20.2. The predicted octanol–water partition coefficient (Wildman–Crippen LogP) is 6.91. The molecule has 0 aliphatic carbocycles. The van der Waals surface area contributed by atoms with E-state index in [9.17, 15) is 29.9 Å². The maximum Gasteiger partial charge on any atom is 0.328 e. The number of anilines is 1. The summed E-state index contributed by atoms with van der Waals surface area (Å²) in [4.78, 5) is 29.9. The van der Waals surface area contributed by atoms with Crippen LogP contribution in [-0.2, 0) is 22.4 Å². The van der Waals surface area contributed by atoms with Crippen molar-refractivity contribution in [1.82, 2.24) is 10.6 Å². The van der Waals surface area contributed by atoms with Crippen LogP contribution in [0.25, 0.3) is 0 Å². The highest BCUT2D eigenvalue weighted by Crippen LogP contribution is 2.45. The highest BCUT2D eigenvalue weighted by atomic mass is 79.9. The van der Waals surface area contributed by atoms with Crippen molar-refractivity contribution in [3.05, 3.63) is 138 Å². The van der Waals surface area contributed by atoms with E-state index in [0.29, 0.717) is 40.2 Å². The van der Waals surface area contributed by atoms with Crippen molar-refractivity contribution in [3.8, 4) is 11.5 Å². The number of halogens is 2. The summed E-state index contributed by atoms with van der Waals surface area (Å²) in [5, 5.41) is 55.2. The number of benzene rings is 4. The lowest BCUT2D eigenvalue weighted by Crippen LogP contribution is -2.52. The number of nitrogens with zero attached hydrogens (tertiary/aromatic N) is 1. The number of ether oxygens (including phenoxy) is 2. The van der Waals surface area contributed by atoms with Crippen molar-refractivity contribution in [2.75, 3.05) is 18.8 Å². The van der Waals surface area contributed by atoms with Crippen molar-refractivity contribution >= 4 is 55.2 Å². The minimum absolute atomic E-state index is 0.0565. The zero-order valence-corrected chi connectivity index (χ0v) is 35.6. The van der Waals surface area contributed by atoms with Crippen molar-refractivity contribution in [1.29, 1.82) is 0 Å². The molecule has 16 heteroatoms. The quantitative estimate of drug-likeness (QED) is 0.0352. The third-order valence-corrected chi connectivity index (χ3v) is 10.8. The molecule has 58 heavy (non-hydrogen) atoms. The van der Waals surface area contributed by atoms with Crippen molar-refractivity contribution in [2.24, 2.45) is 0 Å². The molecule has 310 valence electrons. The molecule has 2 heterocycles. The number of carbonyl (C=O) groups is 2. The van der Waals surface area contributed by atoms with E-state index in [1.54, 1.807) is 19.9 Å². The Morgan fingerprint density at radius 3 is 1.53 bits per heavy atom. The zero-order chi connectivity index (χ0) is 42.8. The lowest BCUT2D eigenvalue weighted by atomic mass is 9.86. The number of hydrogen-bond donors (Lipinski definition) is 7. The first kappa shape index (κ1) is 45.9. The van der Waals surface area contributed by atoms with E-state index >= 15 is 0 Å². The topological polar surface area (TPSA) is 227 Å². The number of carboxylic acids is 2. The van der Waals surface area contributed by atoms with Gasteiger partial charge in [-0.25, -0.2) is 9.59 Å². The fraction of sp³-hybridized carbons (Fsp3) is 0.333. The second-order valence-electron chi connectivity index (χ2n) is 14.7. The number of hydrogen-bond acceptors (Lipinski definition) is 11. The molecule has 14 nitrogen and oxygen atoms in total. The van der Waals surface area contributed by atoms with Gasteiger partial charge in [-0.3, -0.25) is 10.1 Å². The number of aliphatic hydroxyl groups is 2. The molecule has 2 aliphatic rings. The van der Waals surface area contributed by atoms with Gasteiger partial charge in [-0.1, -0.05) is 60.7 Å². The van der Waals surface area contributed by atoms with Gasteiger partial charge in [0.15, 0.2) is 0 Å². The average molecular weight is 929 g/mol. The number of rotatable bonds is 11. The van der Waals surface area contributed by atoms with Gasteiger partial charge in [-0.15, -0.1) is 0 Å². The molecule has 4 aromatic rings. The number of carboxylic acid groups (broad SMARTS) is 2. The number of aliphatic carboxylic acids is 2. The molecule has 0 fully saturated rings. The van der Waals surface area contributed by atoms with Crippen LogP contribution in [0.15, 0.2) is 106 Å². The zero-order valence-electron chi connectivity index (χ0n) is 32.4. The molecule has 0 amide bonds. The standard InChI is InChI=1S/C19H21BrN2O4.C19H23BrN2O2.C4H4O4/c1-19(2)18(23)17(21-9-8-12-6-4-3-5-7-12)13-10-14(20)15(22(24)25)11-16(13)26-19;1-19(2)18(23)17(22-9-8-12-6-4-3-5-7-12)13-10-14(20)15(21)11-16(13)24-19;5-3(6)1-2-4(7)8/h3-7,10-11,17-18,21,23H,8-9H2,1-2H3;3-7,10-11,17-18,22-23H,8-9,21H2,1-2H3;1-2H,(H,5,6)(H,7,8)/b;;2-1-/t2*17-,18+;/m00./s1. The molecule has 0 saturated heterocycles. The van der Waals surface area contributed by atoms with Crippen molar-refractivity contribution < 1.29 is 44.4 Å². The van der Waals surface area contributed by atoms with Crippen LogP contribution in [0.4, 0.5) is 11.4 Å². The summed E-state index contributed by atoms with van der Waals surface area (Å²) in [6.07, 6.45) is 1.38. The smallest absolute Gasteiger partial charge is 0.328 e. The molecule has 0 saturated carbocycles. The minimum atomic E-state index is -1.26. The van der Waals surface area contributed by atoms with E-state index < -0.39 is 40.3 Å². The van der Waals surface area contributed by atoms with E-state index in [1.807, 2.05) is 62.4 Å². The van der Waals surface area contributed by atoms with E-state index in [0.717, 1.165) is 35.2 Å². The Morgan fingerprint density at radius 1 is 0.741 bits per heavy atom. The monoisotopic (exact) mass is 926 g/mol. The third kappa shape index (κ3) is 12.3. The van der Waals surface area contributed by atoms with Crippen LogP contribution in [-0.4, -0.2) is 73.8 Å². The fourth-order valence-electron chi connectivity index (χ4n) is 6.39. The number of fused-ring (bicyclic) bond motifs is 2. The summed E-state index contributed by atoms with van der Waals surface area (Å²) < 4.78 is 13.0. The summed E-state index contributed by atoms with van der Waals surface area (Å²) in [6, 6.07) is 26.6. The second-order valence-corrected chi connectivity index (χ2v) is 16.4. The van der Waals surface area contributed by atoms with E-state index in [-0.39, 0.29) is 17.8 Å². The van der Waals surface area contributed by atoms with Gasteiger partial charge in [0.1, 0.15) is 34.9 Å². The Morgan fingerprint density at radius 2 is 1.14 bits per heavy atom. The Balaban J connectivity index is 0.000000217. The maximum atomic E-state index is 11.2. The van der Waals surface area contributed by atoms with Gasteiger partial charge in [0.25, 0.3) is 5.69 Å². The number of nitro benzene ring substituents is 1. The molecule has 6 rings (SSSR count). The summed E-state index contributed by atoms with van der Waals surface area (Å²) in [5.74, 6) is -1.37. The first-order valence-electron chi connectivity index (χ1n) is 18.3. The minimum Gasteiger partial charge on any atom is -0.485 e. The Kier molecular flexibility index (Phi) is 16.0. The Hall–Kier alpha value is -4.84. The lowest BCUT2D eigenvalue weighted by Gasteiger charge is -2.42. The molecule has 2 aliphatic heterocycles. The number of nitrogen functional groups attached to an aromatic ring is 1. The summed E-state index contributed by atoms with van der Waals surface area (Å²) >= 11 is 6.72. The molecule has 0 aromatic heterocycles. The molecule has 0 spiro atoms. The number of nitrogens with one attached hydrogen (secondary N) is 2. The van der Waals surface area contributed by atoms with Crippen LogP contribution in [0.3, 0.4) is 0 Å². The Labute approximate surface area is 353 Å².